The molecule has 2 nitrogen and oxygen atoms in total. The van der Waals surface area contributed by atoms with Crippen LogP contribution < -0.4 is 0 Å². The Morgan fingerprint density at radius 2 is 1.54 bits per heavy atom. The summed E-state index contributed by atoms with van der Waals surface area (Å²) >= 11 is 3.41. The van der Waals surface area contributed by atoms with Gasteiger partial charge in [0.05, 0.1) is 5.56 Å². The van der Waals surface area contributed by atoms with Crippen molar-refractivity contribution in [1.82, 2.24) is 0 Å². The number of halogens is 1. The Morgan fingerprint density at radius 3 is 2.12 bits per heavy atom. The third kappa shape index (κ3) is 8.86. The van der Waals surface area contributed by atoms with Crippen LogP contribution in [0.5, 0.6) is 0 Å². The van der Waals surface area contributed by atoms with Crippen molar-refractivity contribution in [2.75, 3.05) is 0 Å². The van der Waals surface area contributed by atoms with E-state index in [0.29, 0.717) is 5.56 Å². The highest BCUT2D eigenvalue weighted by atomic mass is 79.9. The molecule has 1 atom stereocenters. The molecule has 0 aliphatic rings. The monoisotopic (exact) mass is 396 g/mol. The summed E-state index contributed by atoms with van der Waals surface area (Å²) in [5, 5.41) is 0. The van der Waals surface area contributed by atoms with Crippen molar-refractivity contribution in [3.63, 3.8) is 0 Å². The topological polar surface area (TPSA) is 26.3 Å². The van der Waals surface area contributed by atoms with Gasteiger partial charge in [-0.1, -0.05) is 77.3 Å². The van der Waals surface area contributed by atoms with E-state index >= 15 is 0 Å². The Hall–Kier alpha value is -0.830. The third-order valence-corrected chi connectivity index (χ3v) is 5.14. The van der Waals surface area contributed by atoms with E-state index in [-0.39, 0.29) is 12.1 Å². The first-order valence-electron chi connectivity index (χ1n) is 9.64. The molecule has 1 aromatic rings. The maximum Gasteiger partial charge on any atom is 0.339 e. The Labute approximate surface area is 156 Å². The number of benzene rings is 1. The lowest BCUT2D eigenvalue weighted by molar-refractivity contribution is 0.0266. The fraction of sp³-hybridized carbons (Fsp3) is 0.667. The molecule has 3 heteroatoms. The molecule has 0 aliphatic heterocycles. The van der Waals surface area contributed by atoms with Gasteiger partial charge in [-0.15, -0.1) is 0 Å². The number of rotatable bonds is 13. The molecule has 0 aliphatic carbocycles. The minimum absolute atomic E-state index is 0.0363. The number of unbranched alkanes of at least 4 members (excludes halogenated alkanes) is 8. The molecule has 0 saturated heterocycles. The van der Waals surface area contributed by atoms with Gasteiger partial charge in [-0.25, -0.2) is 4.79 Å². The van der Waals surface area contributed by atoms with Gasteiger partial charge in [0.1, 0.15) is 6.10 Å². The smallest absolute Gasteiger partial charge is 0.339 e. The van der Waals surface area contributed by atoms with E-state index in [0.717, 1.165) is 23.7 Å². The molecular weight excluding hydrogens is 364 g/mol. The normalized spacial score (nSPS) is 12.1. The fourth-order valence-corrected chi connectivity index (χ4v) is 3.32. The van der Waals surface area contributed by atoms with E-state index in [1.807, 2.05) is 18.2 Å². The van der Waals surface area contributed by atoms with Crippen molar-refractivity contribution < 1.29 is 9.53 Å². The first-order chi connectivity index (χ1) is 11.7. The molecule has 136 valence electrons. The molecule has 0 fully saturated rings. The highest BCUT2D eigenvalue weighted by Gasteiger charge is 2.16. The van der Waals surface area contributed by atoms with Crippen LogP contribution in [0, 0.1) is 0 Å². The third-order valence-electron chi connectivity index (χ3n) is 4.45. The van der Waals surface area contributed by atoms with Gasteiger partial charge in [0.15, 0.2) is 0 Å². The zero-order valence-electron chi connectivity index (χ0n) is 15.4. The standard InChI is InChI=1S/C21H33BrO2/c1-3-5-6-7-8-9-10-11-12-15-18(4-2)24-21(23)19-16-13-14-17-20(19)22/h13-14,16-18H,3-12,15H2,1-2H3. The summed E-state index contributed by atoms with van der Waals surface area (Å²) in [6.45, 7) is 4.35. The average Bonchev–Trinajstić information content (AvgIpc) is 2.59. The summed E-state index contributed by atoms with van der Waals surface area (Å²) in [5.41, 5.74) is 0.614. The Morgan fingerprint density at radius 1 is 0.958 bits per heavy atom. The molecule has 0 radical (unpaired) electrons. The van der Waals surface area contributed by atoms with Crippen LogP contribution in [-0.4, -0.2) is 12.1 Å². The quantitative estimate of drug-likeness (QED) is 0.258. The highest BCUT2D eigenvalue weighted by molar-refractivity contribution is 9.10. The van der Waals surface area contributed by atoms with Crippen LogP contribution in [0.1, 0.15) is 94.8 Å². The number of esters is 1. The van der Waals surface area contributed by atoms with E-state index in [2.05, 4.69) is 29.8 Å². The van der Waals surface area contributed by atoms with E-state index < -0.39 is 0 Å². The zero-order valence-corrected chi connectivity index (χ0v) is 16.9. The first-order valence-corrected chi connectivity index (χ1v) is 10.4. The lowest BCUT2D eigenvalue weighted by Crippen LogP contribution is -2.18. The molecule has 0 spiro atoms. The van der Waals surface area contributed by atoms with Crippen LogP contribution in [0.4, 0.5) is 0 Å². The number of hydrogen-bond acceptors (Lipinski definition) is 2. The number of carbonyl (C=O) groups is 1. The van der Waals surface area contributed by atoms with Crippen molar-refractivity contribution >= 4 is 21.9 Å². The summed E-state index contributed by atoms with van der Waals surface area (Å²) in [5.74, 6) is -0.217. The summed E-state index contributed by atoms with van der Waals surface area (Å²) in [6, 6.07) is 7.44. The molecule has 1 aromatic carbocycles. The second-order valence-corrected chi connectivity index (χ2v) is 7.39. The van der Waals surface area contributed by atoms with Crippen molar-refractivity contribution in [2.45, 2.75) is 90.6 Å². The van der Waals surface area contributed by atoms with E-state index in [1.54, 1.807) is 6.07 Å². The van der Waals surface area contributed by atoms with Crippen LogP contribution in [-0.2, 0) is 4.74 Å². The largest absolute Gasteiger partial charge is 0.459 e. The van der Waals surface area contributed by atoms with Crippen molar-refractivity contribution in [2.24, 2.45) is 0 Å². The van der Waals surface area contributed by atoms with Crippen LogP contribution in [0.15, 0.2) is 28.7 Å². The average molecular weight is 397 g/mol. The van der Waals surface area contributed by atoms with Crippen molar-refractivity contribution in [3.05, 3.63) is 34.3 Å². The summed E-state index contributed by atoms with van der Waals surface area (Å²) in [4.78, 5) is 12.2. The minimum atomic E-state index is -0.217. The second kappa shape index (κ2) is 13.5. The second-order valence-electron chi connectivity index (χ2n) is 6.53. The molecule has 1 rings (SSSR count). The summed E-state index contributed by atoms with van der Waals surface area (Å²) < 4.78 is 6.47. The van der Waals surface area contributed by atoms with E-state index in [9.17, 15) is 4.79 Å². The number of ether oxygens (including phenoxy) is 1. The minimum Gasteiger partial charge on any atom is -0.459 e. The number of hydrogen-bond donors (Lipinski definition) is 0. The summed E-state index contributed by atoms with van der Waals surface area (Å²) in [7, 11) is 0. The van der Waals surface area contributed by atoms with Gasteiger partial charge in [-0.3, -0.25) is 0 Å². The molecule has 24 heavy (non-hydrogen) atoms. The molecule has 0 heterocycles. The maximum atomic E-state index is 12.2. The molecule has 0 amide bonds. The molecule has 0 saturated carbocycles. The van der Waals surface area contributed by atoms with Crippen LogP contribution in [0.25, 0.3) is 0 Å². The van der Waals surface area contributed by atoms with E-state index in [1.165, 1.54) is 51.4 Å². The van der Waals surface area contributed by atoms with Gasteiger partial charge in [0.25, 0.3) is 0 Å². The Bertz CT molecular complexity index is 459. The first kappa shape index (κ1) is 21.2. The molecular formula is C21H33BrO2. The van der Waals surface area contributed by atoms with Crippen molar-refractivity contribution in [3.8, 4) is 0 Å². The maximum absolute atomic E-state index is 12.2. The lowest BCUT2D eigenvalue weighted by Gasteiger charge is -2.16. The van der Waals surface area contributed by atoms with Gasteiger partial charge < -0.3 is 4.74 Å². The zero-order chi connectivity index (χ0) is 17.6. The predicted octanol–water partition coefficient (Wildman–Crippen LogP) is 7.31. The molecule has 0 bridgehead atoms. The van der Waals surface area contributed by atoms with E-state index in [4.69, 9.17) is 4.74 Å². The van der Waals surface area contributed by atoms with Gasteiger partial charge in [0.2, 0.25) is 0 Å². The lowest BCUT2D eigenvalue weighted by atomic mass is 10.0. The Kier molecular flexibility index (Phi) is 11.9. The van der Waals surface area contributed by atoms with Crippen molar-refractivity contribution in [1.29, 1.82) is 0 Å². The van der Waals surface area contributed by atoms with Crippen LogP contribution in [0.2, 0.25) is 0 Å². The SMILES string of the molecule is CCCCCCCCCCCC(CC)OC(=O)c1ccccc1Br. The van der Waals surface area contributed by atoms with Gasteiger partial charge in [0, 0.05) is 4.47 Å². The van der Waals surface area contributed by atoms with Crippen LogP contribution >= 0.6 is 15.9 Å². The Balaban J connectivity index is 2.16. The van der Waals surface area contributed by atoms with Gasteiger partial charge in [-0.2, -0.15) is 0 Å². The van der Waals surface area contributed by atoms with Crippen LogP contribution in [0.3, 0.4) is 0 Å². The molecule has 1 unspecified atom stereocenters. The highest BCUT2D eigenvalue weighted by Crippen LogP contribution is 2.20. The fourth-order valence-electron chi connectivity index (χ4n) is 2.87. The molecule has 0 N–H and O–H groups in total. The molecule has 0 aromatic heterocycles. The van der Waals surface area contributed by atoms with Gasteiger partial charge >= 0.3 is 5.97 Å². The van der Waals surface area contributed by atoms with Gasteiger partial charge in [-0.05, 0) is 47.3 Å². The summed E-state index contributed by atoms with van der Waals surface area (Å²) in [6.07, 6.45) is 13.8. The predicted molar refractivity (Wildman–Crippen MR) is 105 cm³/mol. The number of carbonyl (C=O) groups excluding carboxylic acids is 1.